The third-order valence-electron chi connectivity index (χ3n) is 5.15. The molecule has 12 heteroatoms. The van der Waals surface area contributed by atoms with Gasteiger partial charge in [0.15, 0.2) is 11.4 Å². The van der Waals surface area contributed by atoms with Crippen LogP contribution in [0.15, 0.2) is 59.8 Å². The lowest BCUT2D eigenvalue weighted by atomic mass is 10.2. The van der Waals surface area contributed by atoms with E-state index in [0.717, 1.165) is 0 Å². The van der Waals surface area contributed by atoms with Crippen molar-refractivity contribution in [1.29, 1.82) is 0 Å². The Labute approximate surface area is 212 Å². The van der Waals surface area contributed by atoms with Gasteiger partial charge < -0.3 is 14.8 Å². The summed E-state index contributed by atoms with van der Waals surface area (Å²) in [5.41, 5.74) is -0.515. The molecular formula is C25H27N7O5. The minimum atomic E-state index is -0.733. The fraction of sp³-hybridized carbons (Fsp3) is 0.280. The molecule has 0 spiro atoms. The first-order valence-electron chi connectivity index (χ1n) is 11.4. The highest BCUT2D eigenvalue weighted by Gasteiger charge is 2.25. The van der Waals surface area contributed by atoms with Gasteiger partial charge in [0.25, 0.3) is 5.56 Å². The highest BCUT2D eigenvalue weighted by atomic mass is 16.6. The summed E-state index contributed by atoms with van der Waals surface area (Å²) < 4.78 is 13.2. The number of methoxy groups -OCH3 is 1. The zero-order chi connectivity index (χ0) is 26.7. The number of hydrogen-bond acceptors (Lipinski definition) is 9. The maximum absolute atomic E-state index is 13.2. The second-order valence-electron chi connectivity index (χ2n) is 9.10. The fourth-order valence-electron chi connectivity index (χ4n) is 3.48. The molecule has 0 radical (unpaired) electrons. The third kappa shape index (κ3) is 5.48. The molecule has 0 aliphatic heterocycles. The predicted molar refractivity (Wildman–Crippen MR) is 137 cm³/mol. The van der Waals surface area contributed by atoms with E-state index in [1.165, 1.54) is 40.4 Å². The highest BCUT2D eigenvalue weighted by molar-refractivity contribution is 6.02. The van der Waals surface area contributed by atoms with E-state index < -0.39 is 11.7 Å². The Morgan fingerprint density at radius 3 is 2.62 bits per heavy atom. The van der Waals surface area contributed by atoms with Crippen LogP contribution in [-0.4, -0.2) is 62.4 Å². The minimum absolute atomic E-state index is 0.175. The Morgan fingerprint density at radius 2 is 1.95 bits per heavy atom. The van der Waals surface area contributed by atoms with E-state index in [2.05, 4.69) is 20.4 Å². The SMILES string of the molecule is COCC(=O)c1cnn2c(N(C)C(=O)OC(C)(C)C)cc(Nc3cccn(-c4ccccn4)c3=O)nc12. The van der Waals surface area contributed by atoms with E-state index in [9.17, 15) is 14.4 Å². The molecule has 0 unspecified atom stereocenters. The van der Waals surface area contributed by atoms with Gasteiger partial charge in [0.05, 0.1) is 11.8 Å². The molecule has 1 amide bonds. The number of anilines is 3. The van der Waals surface area contributed by atoms with Crippen molar-refractivity contribution in [3.63, 3.8) is 0 Å². The molecule has 1 N–H and O–H groups in total. The van der Waals surface area contributed by atoms with Crippen LogP contribution in [0.4, 0.5) is 22.1 Å². The van der Waals surface area contributed by atoms with Gasteiger partial charge in [-0.25, -0.2) is 14.8 Å². The smallest absolute Gasteiger partial charge is 0.415 e. The number of pyridine rings is 2. The number of hydrogen-bond donors (Lipinski definition) is 1. The van der Waals surface area contributed by atoms with Gasteiger partial charge in [-0.1, -0.05) is 6.07 Å². The topological polar surface area (TPSA) is 133 Å². The van der Waals surface area contributed by atoms with E-state index in [1.807, 2.05) is 0 Å². The summed E-state index contributed by atoms with van der Waals surface area (Å²) in [6.07, 6.45) is 3.92. The van der Waals surface area contributed by atoms with E-state index in [4.69, 9.17) is 9.47 Å². The number of amides is 1. The summed E-state index contributed by atoms with van der Waals surface area (Å²) in [5.74, 6) is 0.582. The van der Waals surface area contributed by atoms with Crippen molar-refractivity contribution in [2.24, 2.45) is 0 Å². The van der Waals surface area contributed by atoms with Crippen LogP contribution in [0.5, 0.6) is 0 Å². The lowest BCUT2D eigenvalue weighted by molar-refractivity contribution is 0.0587. The van der Waals surface area contributed by atoms with Gasteiger partial charge in [-0.05, 0) is 45.0 Å². The van der Waals surface area contributed by atoms with Gasteiger partial charge in [0.1, 0.15) is 35.3 Å². The van der Waals surface area contributed by atoms with Crippen molar-refractivity contribution in [2.45, 2.75) is 26.4 Å². The Kier molecular flexibility index (Phi) is 7.02. The first-order valence-corrected chi connectivity index (χ1v) is 11.4. The molecule has 4 aromatic rings. The number of aromatic nitrogens is 5. The molecule has 0 atom stereocenters. The average molecular weight is 506 g/mol. The quantitative estimate of drug-likeness (QED) is 0.376. The summed E-state index contributed by atoms with van der Waals surface area (Å²) >= 11 is 0. The van der Waals surface area contributed by atoms with Crippen LogP contribution in [0, 0.1) is 0 Å². The molecule has 37 heavy (non-hydrogen) atoms. The Bertz CT molecular complexity index is 1510. The van der Waals surface area contributed by atoms with Crippen LogP contribution >= 0.6 is 0 Å². The molecule has 0 bridgehead atoms. The zero-order valence-electron chi connectivity index (χ0n) is 21.1. The first-order chi connectivity index (χ1) is 17.6. The van der Waals surface area contributed by atoms with Crippen LogP contribution in [0.3, 0.4) is 0 Å². The van der Waals surface area contributed by atoms with E-state index in [-0.39, 0.29) is 46.5 Å². The first kappa shape index (κ1) is 25.5. The molecule has 12 nitrogen and oxygen atoms in total. The second-order valence-corrected chi connectivity index (χ2v) is 9.10. The number of rotatable bonds is 7. The summed E-state index contributed by atoms with van der Waals surface area (Å²) in [6, 6.07) is 10.1. The molecule has 0 aromatic carbocycles. The maximum atomic E-state index is 13.2. The van der Waals surface area contributed by atoms with Gasteiger partial charge in [-0.2, -0.15) is 9.61 Å². The molecule has 4 rings (SSSR count). The normalized spacial score (nSPS) is 11.4. The molecule has 0 saturated heterocycles. The number of ketones is 1. The van der Waals surface area contributed by atoms with E-state index in [0.29, 0.717) is 5.82 Å². The van der Waals surface area contributed by atoms with Crippen molar-refractivity contribution in [2.75, 3.05) is 31.0 Å². The van der Waals surface area contributed by atoms with Crippen LogP contribution in [0.2, 0.25) is 0 Å². The van der Waals surface area contributed by atoms with E-state index in [1.54, 1.807) is 63.5 Å². The predicted octanol–water partition coefficient (Wildman–Crippen LogP) is 3.22. The molecule has 4 heterocycles. The standard InChI is InChI=1S/C25H27N7O5/c1-25(2,3)37-24(35)30(4)21-13-19(29-22-16(14-27-32(21)22)18(33)15-36-5)28-17-9-8-12-31(23(17)34)20-10-6-7-11-26-20/h6-14H,15H2,1-5H3,(H,28,29). The number of nitrogens with one attached hydrogen (secondary N) is 1. The summed E-state index contributed by atoms with van der Waals surface area (Å²) in [4.78, 5) is 48.7. The van der Waals surface area contributed by atoms with Crippen LogP contribution in [0.1, 0.15) is 31.1 Å². The van der Waals surface area contributed by atoms with Crippen molar-refractivity contribution in [3.05, 3.63) is 70.9 Å². The van der Waals surface area contributed by atoms with Crippen LogP contribution < -0.4 is 15.8 Å². The number of fused-ring (bicyclic) bond motifs is 1. The monoisotopic (exact) mass is 505 g/mol. The average Bonchev–Trinajstić information content (AvgIpc) is 3.28. The lowest BCUT2D eigenvalue weighted by Crippen LogP contribution is -2.35. The Hall–Kier alpha value is -4.58. The number of Topliss-reactive ketones (excluding diaryl/α,β-unsaturated/α-hetero) is 1. The van der Waals surface area contributed by atoms with Crippen molar-refractivity contribution in [1.82, 2.24) is 24.1 Å². The van der Waals surface area contributed by atoms with Crippen molar-refractivity contribution in [3.8, 4) is 5.82 Å². The minimum Gasteiger partial charge on any atom is -0.443 e. The molecule has 0 fully saturated rings. The maximum Gasteiger partial charge on any atom is 0.415 e. The summed E-state index contributed by atoms with van der Waals surface area (Å²) in [5, 5.41) is 7.28. The Balaban J connectivity index is 1.81. The fourth-order valence-corrected chi connectivity index (χ4v) is 3.48. The molecule has 4 aromatic heterocycles. The Morgan fingerprint density at radius 1 is 1.16 bits per heavy atom. The van der Waals surface area contributed by atoms with Gasteiger partial charge in [0, 0.05) is 32.6 Å². The van der Waals surface area contributed by atoms with E-state index >= 15 is 0 Å². The van der Waals surface area contributed by atoms with Crippen molar-refractivity contribution >= 4 is 34.8 Å². The van der Waals surface area contributed by atoms with Gasteiger partial charge >= 0.3 is 6.09 Å². The number of nitrogens with zero attached hydrogens (tertiary/aromatic N) is 6. The summed E-state index contributed by atoms with van der Waals surface area (Å²) in [6.45, 7) is 5.09. The molecule has 0 aliphatic rings. The third-order valence-corrected chi connectivity index (χ3v) is 5.15. The molecule has 0 saturated carbocycles. The number of carbonyl (C=O) groups excluding carboxylic acids is 2. The number of carbonyl (C=O) groups is 2. The highest BCUT2D eigenvalue weighted by Crippen LogP contribution is 2.25. The molecular weight excluding hydrogens is 478 g/mol. The van der Waals surface area contributed by atoms with Crippen LogP contribution in [0.25, 0.3) is 11.5 Å². The van der Waals surface area contributed by atoms with Gasteiger partial charge in [-0.3, -0.25) is 19.1 Å². The summed E-state index contributed by atoms with van der Waals surface area (Å²) in [7, 11) is 2.93. The largest absolute Gasteiger partial charge is 0.443 e. The molecule has 0 aliphatic carbocycles. The lowest BCUT2D eigenvalue weighted by Gasteiger charge is -2.25. The van der Waals surface area contributed by atoms with Crippen molar-refractivity contribution < 1.29 is 19.1 Å². The van der Waals surface area contributed by atoms with Crippen LogP contribution in [-0.2, 0) is 9.47 Å². The molecule has 192 valence electrons. The van der Waals surface area contributed by atoms with Gasteiger partial charge in [0.2, 0.25) is 0 Å². The van der Waals surface area contributed by atoms with Gasteiger partial charge in [-0.15, -0.1) is 0 Å². The second kappa shape index (κ2) is 10.2. The zero-order valence-corrected chi connectivity index (χ0v) is 21.1. The number of ether oxygens (including phenoxy) is 2.